The number of rotatable bonds is 39. The number of aliphatic carboxylic acids is 1. The summed E-state index contributed by atoms with van der Waals surface area (Å²) in [7, 11) is 7.90. The van der Waals surface area contributed by atoms with Crippen LogP contribution in [0, 0.1) is 69.0 Å². The number of unbranched alkanes of at least 4 members (excludes halogenated alkanes) is 18. The lowest BCUT2D eigenvalue weighted by molar-refractivity contribution is -0.158. The minimum absolute atomic E-state index is 0.0270. The highest BCUT2D eigenvalue weighted by molar-refractivity contribution is 6.07. The summed E-state index contributed by atoms with van der Waals surface area (Å²) in [4.78, 5) is 112. The number of likely N-dealkylation sites (tertiary alicyclic amines) is 2. The molecule has 3 heterocycles. The Morgan fingerprint density at radius 1 is 0.527 bits per heavy atom. The van der Waals surface area contributed by atoms with Crippen LogP contribution in [0.25, 0.3) is 0 Å². The number of carboxylic acids is 1. The molecular weight excluding hydrogens is 1150 g/mol. The van der Waals surface area contributed by atoms with E-state index >= 15 is 0 Å². The topological polar surface area (TPSA) is 260 Å². The number of hydrogen-bond donors (Lipinski definition) is 4. The summed E-state index contributed by atoms with van der Waals surface area (Å²) in [5.74, 6) is -9.17. The number of carbonyl (C=O) groups excluding carboxylic acids is 7. The lowest BCUT2D eigenvalue weighted by Crippen LogP contribution is -2.43. The molecule has 0 spiro atoms. The van der Waals surface area contributed by atoms with Gasteiger partial charge in [-0.2, -0.15) is 0 Å². The van der Waals surface area contributed by atoms with E-state index in [0.717, 1.165) is 45.3 Å². The van der Waals surface area contributed by atoms with Gasteiger partial charge in [0.25, 0.3) is 0 Å². The Morgan fingerprint density at radius 2 is 0.901 bits per heavy atom. The normalized spacial score (nSPS) is 20.1. The predicted molar refractivity (Wildman–Crippen MR) is 369 cm³/mol. The number of cyclic esters (lactones) is 2. The highest BCUT2D eigenvalue weighted by Crippen LogP contribution is 2.53. The van der Waals surface area contributed by atoms with Gasteiger partial charge in [0.1, 0.15) is 0 Å². The summed E-state index contributed by atoms with van der Waals surface area (Å²) < 4.78 is 9.73. The van der Waals surface area contributed by atoms with Crippen LogP contribution in [0.5, 0.6) is 0 Å². The van der Waals surface area contributed by atoms with E-state index in [9.17, 15) is 43.5 Å². The number of likely N-dealkylation sites (N-methyl/N-ethyl adjacent to an activating group) is 1. The lowest BCUT2D eigenvalue weighted by atomic mass is 9.61. The number of hydrogen-bond acceptors (Lipinski definition) is 15. The summed E-state index contributed by atoms with van der Waals surface area (Å²) in [5, 5.41) is 17.9. The van der Waals surface area contributed by atoms with Gasteiger partial charge in [0.2, 0.25) is 23.6 Å². The number of nitrogens with zero attached hydrogens (tertiary/aromatic N) is 4. The number of nitrogens with two attached hydrogens (primary N) is 2. The van der Waals surface area contributed by atoms with Gasteiger partial charge in [0, 0.05) is 26.2 Å². The van der Waals surface area contributed by atoms with Gasteiger partial charge < -0.3 is 41.0 Å². The molecular formula is C73H140N6O12. The smallest absolute Gasteiger partial charge is 0.317 e. The maximum Gasteiger partial charge on any atom is 0.317 e. The molecule has 4 amide bonds. The van der Waals surface area contributed by atoms with E-state index in [1.54, 1.807) is 20.8 Å². The van der Waals surface area contributed by atoms with Crippen molar-refractivity contribution < 1.29 is 58.0 Å². The highest BCUT2D eigenvalue weighted by atomic mass is 16.6. The lowest BCUT2D eigenvalue weighted by Gasteiger charge is -2.40. The standard InChI is InChI=1S/C44H77N3O8.C12H27N.C10H16O3.C5H14N2.C2H6O/c1-13-15-16-17-18-19-20-21-22-23-24-46-37(49)33(35(38(46)50)43(7,8)28-31(40(52)53)30(3)41(54)55-14-2)29-44(9,10)34-32(27-42(4,5)6)36(48)47(39(34)51)26-25-45(11)12;1-2-3-4-5-6-7-8-9-10-11-12-13;1-6-7(5-10(2,3)4)9(12)13-8(6)11;1-7(2)5-3-4-6;1-2-3/h30-35H,13-29H2,1-12H3,(H,52,53);2-13H2,1H3;6-7H,5H2,1-4H3;3-6H2,1-2H3;3H,2H2,1H3. The van der Waals surface area contributed by atoms with Crippen LogP contribution in [-0.4, -0.2) is 158 Å². The van der Waals surface area contributed by atoms with Crippen LogP contribution in [0.15, 0.2) is 0 Å². The largest absolute Gasteiger partial charge is 0.481 e. The first-order chi connectivity index (χ1) is 42.4. The van der Waals surface area contributed by atoms with Crippen LogP contribution in [0.3, 0.4) is 0 Å². The van der Waals surface area contributed by atoms with Gasteiger partial charge in [-0.15, -0.1) is 0 Å². The first kappa shape index (κ1) is 89.2. The number of esters is 3. The van der Waals surface area contributed by atoms with Crippen LogP contribution in [-0.2, 0) is 47.8 Å². The van der Waals surface area contributed by atoms with Crippen LogP contribution in [0.2, 0.25) is 0 Å². The Morgan fingerprint density at radius 3 is 1.25 bits per heavy atom. The molecule has 6 N–H and O–H groups in total. The Bertz CT molecular complexity index is 2060. The molecule has 18 nitrogen and oxygen atoms in total. The van der Waals surface area contributed by atoms with E-state index in [2.05, 4.69) is 79.1 Å². The van der Waals surface area contributed by atoms with Gasteiger partial charge in [-0.3, -0.25) is 48.2 Å². The van der Waals surface area contributed by atoms with E-state index in [0.29, 0.717) is 25.8 Å². The van der Waals surface area contributed by atoms with Crippen molar-refractivity contribution in [2.24, 2.45) is 80.5 Å². The fourth-order valence-corrected chi connectivity index (χ4v) is 12.8. The second kappa shape index (κ2) is 47.1. The highest BCUT2D eigenvalue weighted by Gasteiger charge is 2.60. The first-order valence-electron chi connectivity index (χ1n) is 35.6. The van der Waals surface area contributed by atoms with E-state index in [1.807, 2.05) is 46.7 Å². The van der Waals surface area contributed by atoms with Gasteiger partial charge >= 0.3 is 23.9 Å². The Labute approximate surface area is 555 Å². The third-order valence-corrected chi connectivity index (χ3v) is 17.8. The van der Waals surface area contributed by atoms with Crippen molar-refractivity contribution in [3.63, 3.8) is 0 Å². The van der Waals surface area contributed by atoms with Crippen molar-refractivity contribution >= 4 is 47.5 Å². The van der Waals surface area contributed by atoms with Crippen LogP contribution < -0.4 is 11.5 Å². The van der Waals surface area contributed by atoms with Crippen LogP contribution >= 0.6 is 0 Å². The molecule has 3 aliphatic rings. The number of carboxylic acid groups (broad SMARTS) is 1. The number of aliphatic hydroxyl groups excluding tert-OH is 1. The zero-order chi connectivity index (χ0) is 70.3. The minimum atomic E-state index is -1.16. The second-order valence-electron chi connectivity index (χ2n) is 30.6. The molecule has 3 saturated heterocycles. The maximum absolute atomic E-state index is 14.5. The quantitative estimate of drug-likeness (QED) is 0.0193. The third kappa shape index (κ3) is 36.0. The molecule has 8 atom stereocenters. The number of ether oxygens (including phenoxy) is 2. The molecule has 534 valence electrons. The van der Waals surface area contributed by atoms with Gasteiger partial charge in [-0.25, -0.2) is 0 Å². The molecule has 0 saturated carbocycles. The summed E-state index contributed by atoms with van der Waals surface area (Å²) in [6.07, 6.45) is 27.5. The second-order valence-corrected chi connectivity index (χ2v) is 30.6. The molecule has 0 radical (unpaired) electrons. The van der Waals surface area contributed by atoms with E-state index < -0.39 is 58.3 Å². The average Bonchev–Trinajstić information content (AvgIpc) is 1.61. The van der Waals surface area contributed by atoms with E-state index in [4.69, 9.17) is 21.3 Å². The maximum atomic E-state index is 14.5. The zero-order valence-corrected chi connectivity index (χ0v) is 61.9. The number of carbonyl (C=O) groups is 8. The predicted octanol–water partition coefficient (Wildman–Crippen LogP) is 13.4. The van der Waals surface area contributed by atoms with Crippen molar-refractivity contribution in [1.29, 1.82) is 0 Å². The molecule has 18 heteroatoms. The number of aliphatic hydroxyl groups is 1. The minimum Gasteiger partial charge on any atom is -0.481 e. The molecule has 3 rings (SSSR count). The zero-order valence-electron chi connectivity index (χ0n) is 61.9. The van der Waals surface area contributed by atoms with Crippen molar-refractivity contribution in [3.8, 4) is 0 Å². The van der Waals surface area contributed by atoms with Crippen LogP contribution in [0.4, 0.5) is 0 Å². The molecule has 3 fully saturated rings. The van der Waals surface area contributed by atoms with Gasteiger partial charge in [-0.05, 0) is 128 Å². The SMILES string of the molecule is CC1C(=O)OC(=O)C1CC(C)(C)C.CCCCCCCCCCCCN.CCCCCCCCCCCCN1C(=O)C(CC(C)(C)C2C(=O)N(CCN(C)C)C(=O)C2CC(C)(C)C)C(C(C)(C)CC(C(=O)O)C(C)C(=O)OCC)C1=O.CCO.CN(C)CCCN. The number of imide groups is 2. The average molecular weight is 1290 g/mol. The van der Waals surface area contributed by atoms with Crippen molar-refractivity contribution in [3.05, 3.63) is 0 Å². The van der Waals surface area contributed by atoms with Crippen LogP contribution in [0.1, 0.15) is 271 Å². The van der Waals surface area contributed by atoms with Crippen molar-refractivity contribution in [2.45, 2.75) is 271 Å². The van der Waals surface area contributed by atoms with Gasteiger partial charge in [0.05, 0.1) is 54.0 Å². The summed E-state index contributed by atoms with van der Waals surface area (Å²) in [5.41, 5.74) is 8.61. The molecule has 91 heavy (non-hydrogen) atoms. The molecule has 0 aromatic rings. The Balaban J connectivity index is 0. The Kier molecular flexibility index (Phi) is 46.2. The fourth-order valence-electron chi connectivity index (χ4n) is 12.8. The summed E-state index contributed by atoms with van der Waals surface area (Å²) in [6, 6.07) is 0. The monoisotopic (exact) mass is 1290 g/mol. The molecule has 3 aliphatic heterocycles. The van der Waals surface area contributed by atoms with Gasteiger partial charge in [-0.1, -0.05) is 213 Å². The van der Waals surface area contributed by atoms with Crippen molar-refractivity contribution in [2.75, 3.05) is 80.7 Å². The first-order valence-corrected chi connectivity index (χ1v) is 35.6. The molecule has 8 unspecified atom stereocenters. The van der Waals surface area contributed by atoms with Gasteiger partial charge in [0.15, 0.2) is 0 Å². The third-order valence-electron chi connectivity index (χ3n) is 17.8. The fraction of sp³-hybridized carbons (Fsp3) is 0.890. The van der Waals surface area contributed by atoms with Crippen molar-refractivity contribution in [1.82, 2.24) is 19.6 Å². The molecule has 0 bridgehead atoms. The molecule has 0 aromatic carbocycles. The molecule has 0 aromatic heterocycles. The molecule has 0 aliphatic carbocycles. The van der Waals surface area contributed by atoms with E-state index in [-0.39, 0.29) is 97.4 Å². The van der Waals surface area contributed by atoms with E-state index in [1.165, 1.54) is 119 Å². The summed E-state index contributed by atoms with van der Waals surface area (Å²) in [6.45, 7) is 35.2. The number of amides is 4. The Hall–Kier alpha value is -3.84. The summed E-state index contributed by atoms with van der Waals surface area (Å²) >= 11 is 0.